The van der Waals surface area contributed by atoms with Crippen LogP contribution in [0.1, 0.15) is 36.9 Å². The monoisotopic (exact) mass is 339 g/mol. The summed E-state index contributed by atoms with van der Waals surface area (Å²) in [5.41, 5.74) is 2.88. The number of nitrogens with one attached hydrogen (secondary N) is 2. The molecule has 1 aliphatic carbocycles. The summed E-state index contributed by atoms with van der Waals surface area (Å²) in [6.07, 6.45) is 7.81. The van der Waals surface area contributed by atoms with Gasteiger partial charge in [-0.3, -0.25) is 4.98 Å². The van der Waals surface area contributed by atoms with Crippen LogP contribution in [0.2, 0.25) is 0 Å². The molecule has 0 bridgehead atoms. The number of carbonyl (C=O) groups excluding carboxylic acids is 1. The highest BCUT2D eigenvalue weighted by atomic mass is 16.5. The van der Waals surface area contributed by atoms with Crippen molar-refractivity contribution in [3.05, 3.63) is 59.9 Å². The van der Waals surface area contributed by atoms with Crippen LogP contribution >= 0.6 is 0 Å². The molecule has 1 heterocycles. The van der Waals surface area contributed by atoms with Gasteiger partial charge in [0.25, 0.3) is 0 Å². The second-order valence-electron chi connectivity index (χ2n) is 6.37. The number of aromatic nitrogens is 1. The van der Waals surface area contributed by atoms with E-state index >= 15 is 0 Å². The van der Waals surface area contributed by atoms with E-state index in [4.69, 9.17) is 4.74 Å². The molecule has 2 N–H and O–H groups in total. The van der Waals surface area contributed by atoms with Crippen LogP contribution < -0.4 is 10.6 Å². The molecule has 0 radical (unpaired) electrons. The topological polar surface area (TPSA) is 63.2 Å². The SMILES string of the molecule is O=C(NCCc1ccccn1)Nc1ccc(COC2CCCC2)cc1. The van der Waals surface area contributed by atoms with Crippen LogP contribution in [0, 0.1) is 0 Å². The third-order valence-corrected chi connectivity index (χ3v) is 4.39. The van der Waals surface area contributed by atoms with Crippen molar-refractivity contribution in [3.63, 3.8) is 0 Å². The summed E-state index contributed by atoms with van der Waals surface area (Å²) in [5, 5.41) is 5.68. The van der Waals surface area contributed by atoms with Crippen LogP contribution in [-0.2, 0) is 17.8 Å². The molecule has 5 heteroatoms. The molecule has 0 saturated heterocycles. The van der Waals surface area contributed by atoms with E-state index in [0.29, 0.717) is 25.7 Å². The van der Waals surface area contributed by atoms with E-state index in [0.717, 1.165) is 16.9 Å². The standard InChI is InChI=1S/C20H25N3O2/c24-20(22-14-12-17-5-3-4-13-21-17)23-18-10-8-16(9-11-18)15-25-19-6-1-2-7-19/h3-5,8-11,13,19H,1-2,6-7,12,14-15H2,(H2,22,23,24). The Labute approximate surface area is 148 Å². The number of ether oxygens (including phenoxy) is 1. The largest absolute Gasteiger partial charge is 0.374 e. The number of benzene rings is 1. The van der Waals surface area contributed by atoms with Gasteiger partial charge >= 0.3 is 6.03 Å². The van der Waals surface area contributed by atoms with Gasteiger partial charge in [-0.15, -0.1) is 0 Å². The molecule has 1 aromatic heterocycles. The van der Waals surface area contributed by atoms with Crippen molar-refractivity contribution in [1.82, 2.24) is 10.3 Å². The molecule has 2 amide bonds. The summed E-state index contributed by atoms with van der Waals surface area (Å²) >= 11 is 0. The third kappa shape index (κ3) is 5.87. The molecule has 132 valence electrons. The molecule has 5 nitrogen and oxygen atoms in total. The second-order valence-corrected chi connectivity index (χ2v) is 6.37. The van der Waals surface area contributed by atoms with Crippen LogP contribution in [0.25, 0.3) is 0 Å². The average Bonchev–Trinajstić information content (AvgIpc) is 3.16. The number of hydrogen-bond donors (Lipinski definition) is 2. The summed E-state index contributed by atoms with van der Waals surface area (Å²) in [6.45, 7) is 1.19. The number of carbonyl (C=O) groups is 1. The van der Waals surface area contributed by atoms with Gasteiger partial charge in [0.15, 0.2) is 0 Å². The first-order chi connectivity index (χ1) is 12.3. The van der Waals surface area contributed by atoms with Gasteiger partial charge in [-0.05, 0) is 42.7 Å². The van der Waals surface area contributed by atoms with E-state index in [-0.39, 0.29) is 6.03 Å². The molecule has 25 heavy (non-hydrogen) atoms. The lowest BCUT2D eigenvalue weighted by Crippen LogP contribution is -2.30. The Morgan fingerprint density at radius 1 is 1.12 bits per heavy atom. The van der Waals surface area contributed by atoms with Gasteiger partial charge in [0.2, 0.25) is 0 Å². The average molecular weight is 339 g/mol. The lowest BCUT2D eigenvalue weighted by Gasteiger charge is -2.12. The van der Waals surface area contributed by atoms with Crippen molar-refractivity contribution in [2.45, 2.75) is 44.8 Å². The van der Waals surface area contributed by atoms with Crippen LogP contribution in [0.5, 0.6) is 0 Å². The maximum Gasteiger partial charge on any atom is 0.319 e. The lowest BCUT2D eigenvalue weighted by molar-refractivity contribution is 0.0457. The van der Waals surface area contributed by atoms with E-state index in [2.05, 4.69) is 15.6 Å². The van der Waals surface area contributed by atoms with Crippen molar-refractivity contribution in [3.8, 4) is 0 Å². The quantitative estimate of drug-likeness (QED) is 0.804. The van der Waals surface area contributed by atoms with E-state index in [9.17, 15) is 4.79 Å². The maximum atomic E-state index is 11.9. The first kappa shape index (κ1) is 17.4. The molecule has 0 aliphatic heterocycles. The third-order valence-electron chi connectivity index (χ3n) is 4.39. The van der Waals surface area contributed by atoms with Crippen molar-refractivity contribution in [1.29, 1.82) is 0 Å². The molecule has 0 spiro atoms. The fourth-order valence-electron chi connectivity index (χ4n) is 2.98. The van der Waals surface area contributed by atoms with Crippen molar-refractivity contribution in [2.75, 3.05) is 11.9 Å². The predicted molar refractivity (Wildman–Crippen MR) is 98.4 cm³/mol. The molecule has 1 aromatic carbocycles. The van der Waals surface area contributed by atoms with Crippen LogP contribution in [0.4, 0.5) is 10.5 Å². The van der Waals surface area contributed by atoms with Gasteiger partial charge in [0.1, 0.15) is 0 Å². The molecule has 3 rings (SSSR count). The van der Waals surface area contributed by atoms with E-state index < -0.39 is 0 Å². The summed E-state index contributed by atoms with van der Waals surface area (Å²) in [6, 6.07) is 13.4. The fourth-order valence-corrected chi connectivity index (χ4v) is 2.98. The molecule has 2 aromatic rings. The highest BCUT2D eigenvalue weighted by Gasteiger charge is 2.15. The number of urea groups is 1. The molecular formula is C20H25N3O2. The number of amides is 2. The normalized spacial score (nSPS) is 14.4. The Balaban J connectivity index is 1.37. The smallest absolute Gasteiger partial charge is 0.319 e. The Morgan fingerprint density at radius 3 is 2.64 bits per heavy atom. The summed E-state index contributed by atoms with van der Waals surface area (Å²) in [7, 11) is 0. The van der Waals surface area contributed by atoms with Gasteiger partial charge in [-0.2, -0.15) is 0 Å². The molecule has 1 fully saturated rings. The van der Waals surface area contributed by atoms with E-state index in [1.165, 1.54) is 25.7 Å². The summed E-state index contributed by atoms with van der Waals surface area (Å²) < 4.78 is 5.90. The minimum Gasteiger partial charge on any atom is -0.374 e. The zero-order valence-corrected chi connectivity index (χ0v) is 14.4. The highest BCUT2D eigenvalue weighted by molar-refractivity contribution is 5.89. The van der Waals surface area contributed by atoms with E-state index in [1.807, 2.05) is 42.5 Å². The number of hydrogen-bond acceptors (Lipinski definition) is 3. The fraction of sp³-hybridized carbons (Fsp3) is 0.400. The minimum atomic E-state index is -0.203. The zero-order valence-electron chi connectivity index (χ0n) is 14.4. The van der Waals surface area contributed by atoms with Crippen molar-refractivity contribution < 1.29 is 9.53 Å². The van der Waals surface area contributed by atoms with Crippen LogP contribution in [-0.4, -0.2) is 23.7 Å². The molecular weight excluding hydrogens is 314 g/mol. The van der Waals surface area contributed by atoms with Crippen LogP contribution in [0.3, 0.4) is 0 Å². The van der Waals surface area contributed by atoms with Crippen LogP contribution in [0.15, 0.2) is 48.7 Å². The zero-order chi connectivity index (χ0) is 17.3. The Hall–Kier alpha value is -2.40. The first-order valence-corrected chi connectivity index (χ1v) is 8.95. The maximum absolute atomic E-state index is 11.9. The highest BCUT2D eigenvalue weighted by Crippen LogP contribution is 2.22. The second kappa shape index (κ2) is 9.18. The predicted octanol–water partition coefficient (Wildman–Crippen LogP) is 3.91. The van der Waals surface area contributed by atoms with Gasteiger partial charge in [-0.25, -0.2) is 4.79 Å². The number of nitrogens with zero attached hydrogens (tertiary/aromatic N) is 1. The van der Waals surface area contributed by atoms with Gasteiger partial charge in [0.05, 0.1) is 12.7 Å². The summed E-state index contributed by atoms with van der Waals surface area (Å²) in [4.78, 5) is 16.2. The van der Waals surface area contributed by atoms with Gasteiger partial charge in [0, 0.05) is 30.5 Å². The minimum absolute atomic E-state index is 0.203. The molecule has 0 unspecified atom stereocenters. The molecule has 0 atom stereocenters. The van der Waals surface area contributed by atoms with Gasteiger partial charge < -0.3 is 15.4 Å². The number of rotatable bonds is 7. The Kier molecular flexibility index (Phi) is 6.40. The Morgan fingerprint density at radius 2 is 1.92 bits per heavy atom. The molecule has 1 aliphatic rings. The van der Waals surface area contributed by atoms with Crippen molar-refractivity contribution >= 4 is 11.7 Å². The number of anilines is 1. The molecule has 1 saturated carbocycles. The summed E-state index contributed by atoms with van der Waals surface area (Å²) in [5.74, 6) is 0. The van der Waals surface area contributed by atoms with Gasteiger partial charge in [-0.1, -0.05) is 31.0 Å². The first-order valence-electron chi connectivity index (χ1n) is 8.95. The van der Waals surface area contributed by atoms with Crippen molar-refractivity contribution in [2.24, 2.45) is 0 Å². The van der Waals surface area contributed by atoms with E-state index in [1.54, 1.807) is 6.20 Å². The Bertz CT molecular complexity index is 652. The number of pyridine rings is 1. The lowest BCUT2D eigenvalue weighted by atomic mass is 10.2.